The maximum absolute atomic E-state index is 11.2. The summed E-state index contributed by atoms with van der Waals surface area (Å²) >= 11 is 0. The van der Waals surface area contributed by atoms with E-state index in [4.69, 9.17) is 0 Å². The largest absolute Gasteiger partial charge is 0.507 e. The van der Waals surface area contributed by atoms with Crippen LogP contribution in [0.2, 0.25) is 0 Å². The highest BCUT2D eigenvalue weighted by molar-refractivity contribution is 5.97. The average Bonchev–Trinajstić information content (AvgIpc) is 2.22. The van der Waals surface area contributed by atoms with Gasteiger partial charge in [-0.05, 0) is 38.6 Å². The number of carbonyl (C=O) groups excluding carboxylic acids is 1. The molecule has 0 saturated heterocycles. The molecule has 1 rings (SSSR count). The van der Waals surface area contributed by atoms with E-state index in [0.717, 1.165) is 11.1 Å². The van der Waals surface area contributed by atoms with Crippen LogP contribution in [-0.2, 0) is 0 Å². The molecule has 0 aliphatic carbocycles. The summed E-state index contributed by atoms with van der Waals surface area (Å²) in [5.41, 5.74) is 1.99. The number of hydrogen-bond acceptors (Lipinski definition) is 3. The van der Waals surface area contributed by atoms with Crippen LogP contribution in [0.15, 0.2) is 12.1 Å². The lowest BCUT2D eigenvalue weighted by atomic mass is 10.0. The van der Waals surface area contributed by atoms with Gasteiger partial charge in [0.25, 0.3) is 0 Å². The summed E-state index contributed by atoms with van der Waals surface area (Å²) in [4.78, 5) is 11.2. The molecule has 0 aromatic heterocycles. The van der Waals surface area contributed by atoms with Crippen molar-refractivity contribution in [1.82, 2.24) is 5.32 Å². The van der Waals surface area contributed by atoms with Crippen molar-refractivity contribution in [2.75, 3.05) is 13.6 Å². The molecule has 0 unspecified atom stereocenters. The first-order valence-electron chi connectivity index (χ1n) is 5.04. The van der Waals surface area contributed by atoms with Gasteiger partial charge in [-0.25, -0.2) is 0 Å². The molecule has 1 aromatic carbocycles. The van der Waals surface area contributed by atoms with E-state index >= 15 is 0 Å². The minimum atomic E-state index is -0.143. The van der Waals surface area contributed by atoms with E-state index < -0.39 is 0 Å². The van der Waals surface area contributed by atoms with E-state index in [0.29, 0.717) is 12.1 Å². The number of ketones is 1. The van der Waals surface area contributed by atoms with Gasteiger partial charge in [0.2, 0.25) is 0 Å². The van der Waals surface area contributed by atoms with Crippen molar-refractivity contribution in [2.45, 2.75) is 13.8 Å². The van der Waals surface area contributed by atoms with Crippen molar-refractivity contribution in [3.8, 4) is 17.6 Å². The summed E-state index contributed by atoms with van der Waals surface area (Å²) < 4.78 is 0. The third-order valence-electron chi connectivity index (χ3n) is 2.21. The molecule has 16 heavy (non-hydrogen) atoms. The number of phenolic OH excluding ortho intramolecular Hbond substituents is 1. The summed E-state index contributed by atoms with van der Waals surface area (Å²) in [7, 11) is 1.82. The molecule has 0 atom stereocenters. The second-order valence-electron chi connectivity index (χ2n) is 3.57. The van der Waals surface area contributed by atoms with Gasteiger partial charge < -0.3 is 10.4 Å². The van der Waals surface area contributed by atoms with Crippen LogP contribution in [0.25, 0.3) is 0 Å². The molecule has 0 fully saturated rings. The first-order valence-corrected chi connectivity index (χ1v) is 5.04. The van der Waals surface area contributed by atoms with Crippen LogP contribution in [0.3, 0.4) is 0 Å². The van der Waals surface area contributed by atoms with E-state index in [1.165, 1.54) is 13.0 Å². The molecule has 1 aromatic rings. The maximum atomic E-state index is 11.2. The fourth-order valence-electron chi connectivity index (χ4n) is 1.34. The third-order valence-corrected chi connectivity index (χ3v) is 2.21. The normalized spacial score (nSPS) is 9.44. The molecule has 3 nitrogen and oxygen atoms in total. The summed E-state index contributed by atoms with van der Waals surface area (Å²) in [5, 5.41) is 12.5. The number of carbonyl (C=O) groups is 1. The fourth-order valence-corrected chi connectivity index (χ4v) is 1.34. The molecule has 2 N–H and O–H groups in total. The highest BCUT2D eigenvalue weighted by Crippen LogP contribution is 2.22. The number of phenols is 1. The monoisotopic (exact) mass is 217 g/mol. The molecule has 0 heterocycles. The second kappa shape index (κ2) is 5.34. The molecule has 0 amide bonds. The van der Waals surface area contributed by atoms with Gasteiger partial charge in [-0.15, -0.1) is 0 Å². The Kier molecular flexibility index (Phi) is 4.10. The molecule has 3 heteroatoms. The number of benzene rings is 1. The topological polar surface area (TPSA) is 49.3 Å². The van der Waals surface area contributed by atoms with E-state index in [9.17, 15) is 9.90 Å². The lowest BCUT2D eigenvalue weighted by molar-refractivity contribution is 0.101. The predicted molar refractivity (Wildman–Crippen MR) is 63.7 cm³/mol. The maximum Gasteiger partial charge on any atom is 0.163 e. The zero-order valence-electron chi connectivity index (χ0n) is 9.72. The molecule has 84 valence electrons. The Morgan fingerprint density at radius 3 is 2.75 bits per heavy atom. The van der Waals surface area contributed by atoms with E-state index in [-0.39, 0.29) is 11.5 Å². The Morgan fingerprint density at radius 2 is 2.19 bits per heavy atom. The summed E-state index contributed by atoms with van der Waals surface area (Å²) in [6, 6.07) is 3.20. The van der Waals surface area contributed by atoms with Gasteiger partial charge in [0.15, 0.2) is 5.78 Å². The van der Waals surface area contributed by atoms with E-state index in [1.807, 2.05) is 14.0 Å². The Labute approximate surface area is 95.5 Å². The van der Waals surface area contributed by atoms with Crippen molar-refractivity contribution in [1.29, 1.82) is 0 Å². The molecule has 0 aliphatic heterocycles. The van der Waals surface area contributed by atoms with Crippen LogP contribution in [0.4, 0.5) is 0 Å². The van der Waals surface area contributed by atoms with Crippen molar-refractivity contribution in [3.05, 3.63) is 28.8 Å². The van der Waals surface area contributed by atoms with Crippen LogP contribution in [0, 0.1) is 18.8 Å². The second-order valence-corrected chi connectivity index (χ2v) is 3.57. The Morgan fingerprint density at radius 1 is 1.50 bits per heavy atom. The molecule has 0 radical (unpaired) electrons. The van der Waals surface area contributed by atoms with Gasteiger partial charge >= 0.3 is 0 Å². The third kappa shape index (κ3) is 2.85. The van der Waals surface area contributed by atoms with Gasteiger partial charge in [-0.3, -0.25) is 4.79 Å². The smallest absolute Gasteiger partial charge is 0.163 e. The van der Waals surface area contributed by atoms with Gasteiger partial charge in [-0.2, -0.15) is 0 Å². The quantitative estimate of drug-likeness (QED) is 0.582. The first-order chi connectivity index (χ1) is 7.56. The molecular formula is C13H15NO2. The zero-order chi connectivity index (χ0) is 12.1. The van der Waals surface area contributed by atoms with Crippen LogP contribution < -0.4 is 5.32 Å². The van der Waals surface area contributed by atoms with Crippen LogP contribution >= 0.6 is 0 Å². The van der Waals surface area contributed by atoms with Crippen molar-refractivity contribution >= 4 is 5.78 Å². The van der Waals surface area contributed by atoms with Gasteiger partial charge in [-0.1, -0.05) is 11.8 Å². The Hall–Kier alpha value is -1.79. The molecule has 0 bridgehead atoms. The van der Waals surface area contributed by atoms with Crippen molar-refractivity contribution in [3.63, 3.8) is 0 Å². The minimum Gasteiger partial charge on any atom is -0.507 e. The van der Waals surface area contributed by atoms with Gasteiger partial charge in [0, 0.05) is 5.56 Å². The Bertz CT molecular complexity index is 467. The molecule has 0 saturated carbocycles. The van der Waals surface area contributed by atoms with E-state index in [1.54, 1.807) is 6.07 Å². The lowest BCUT2D eigenvalue weighted by Crippen LogP contribution is -2.04. The highest BCUT2D eigenvalue weighted by Gasteiger charge is 2.08. The number of Topliss-reactive ketones (excluding diaryl/α,β-unsaturated/α-hetero) is 1. The number of hydrogen-bond donors (Lipinski definition) is 2. The van der Waals surface area contributed by atoms with Crippen LogP contribution in [-0.4, -0.2) is 24.5 Å². The zero-order valence-corrected chi connectivity index (χ0v) is 9.72. The first kappa shape index (κ1) is 12.3. The number of aryl methyl sites for hydroxylation is 1. The van der Waals surface area contributed by atoms with Crippen molar-refractivity contribution in [2.24, 2.45) is 0 Å². The van der Waals surface area contributed by atoms with Crippen molar-refractivity contribution < 1.29 is 9.90 Å². The average molecular weight is 217 g/mol. The number of nitrogens with one attached hydrogen (secondary N) is 1. The summed E-state index contributed by atoms with van der Waals surface area (Å²) in [6.07, 6.45) is 0. The van der Waals surface area contributed by atoms with Gasteiger partial charge in [0.05, 0.1) is 12.1 Å². The SMILES string of the molecule is CNCC#Cc1cc(O)c(C(C)=O)cc1C. The number of aromatic hydroxyl groups is 1. The van der Waals surface area contributed by atoms with Gasteiger partial charge in [0.1, 0.15) is 5.75 Å². The predicted octanol–water partition coefficient (Wildman–Crippen LogP) is 1.47. The summed E-state index contributed by atoms with van der Waals surface area (Å²) in [5.74, 6) is 5.70. The molecule has 0 spiro atoms. The highest BCUT2D eigenvalue weighted by atomic mass is 16.3. The molecule has 0 aliphatic rings. The minimum absolute atomic E-state index is 0.00754. The lowest BCUT2D eigenvalue weighted by Gasteiger charge is -2.04. The molecular weight excluding hydrogens is 202 g/mol. The standard InChI is InChI=1S/C13H15NO2/c1-9-7-12(10(2)15)13(16)8-11(9)5-4-6-14-3/h7-8,14,16H,6H2,1-3H3. The van der Waals surface area contributed by atoms with E-state index in [2.05, 4.69) is 17.2 Å². The number of rotatable bonds is 2. The summed E-state index contributed by atoms with van der Waals surface area (Å²) in [6.45, 7) is 3.89. The fraction of sp³-hybridized carbons (Fsp3) is 0.308. The van der Waals surface area contributed by atoms with Crippen LogP contribution in [0.1, 0.15) is 28.4 Å². The van der Waals surface area contributed by atoms with Crippen LogP contribution in [0.5, 0.6) is 5.75 Å². The Balaban J connectivity index is 3.12.